The second kappa shape index (κ2) is 5.17. The van der Waals surface area contributed by atoms with Crippen molar-refractivity contribution < 1.29 is 0 Å². The summed E-state index contributed by atoms with van der Waals surface area (Å²) in [7, 11) is 2.01. The molecule has 0 aliphatic heterocycles. The quantitative estimate of drug-likeness (QED) is 0.760. The first kappa shape index (κ1) is 11.2. The van der Waals surface area contributed by atoms with Gasteiger partial charge in [0.2, 0.25) is 0 Å². The predicted molar refractivity (Wildman–Crippen MR) is 69.9 cm³/mol. The zero-order chi connectivity index (χ0) is 11.4. The number of nitrogens with one attached hydrogen (secondary N) is 1. The van der Waals surface area contributed by atoms with Gasteiger partial charge in [0.25, 0.3) is 0 Å². The molecular formula is C14H20N2. The molecule has 0 saturated carbocycles. The second-order valence-corrected chi connectivity index (χ2v) is 4.15. The molecule has 2 rings (SSSR count). The first-order valence-corrected chi connectivity index (χ1v) is 6.08. The summed E-state index contributed by atoms with van der Waals surface area (Å²) in [4.78, 5) is 0. The predicted octanol–water partition coefficient (Wildman–Crippen LogP) is 2.81. The van der Waals surface area contributed by atoms with Gasteiger partial charge in [-0.15, -0.1) is 0 Å². The Hall–Kier alpha value is -1.28. The molecule has 2 aromatic rings. The van der Waals surface area contributed by atoms with Gasteiger partial charge in [0.1, 0.15) is 0 Å². The lowest BCUT2D eigenvalue weighted by molar-refractivity contribution is 0.673. The normalized spacial score (nSPS) is 11.1. The Morgan fingerprint density at radius 2 is 2.06 bits per heavy atom. The minimum absolute atomic E-state index is 1.06. The summed E-state index contributed by atoms with van der Waals surface area (Å²) in [6.07, 6.45) is 2.36. The van der Waals surface area contributed by atoms with Crippen LogP contribution in [0.25, 0.3) is 10.9 Å². The highest BCUT2D eigenvalue weighted by molar-refractivity contribution is 5.81. The molecule has 0 unspecified atom stereocenters. The number of aryl methyl sites for hydroxylation is 2. The molecule has 16 heavy (non-hydrogen) atoms. The molecule has 0 aliphatic carbocycles. The van der Waals surface area contributed by atoms with E-state index in [1.54, 1.807) is 0 Å². The van der Waals surface area contributed by atoms with Gasteiger partial charge in [0, 0.05) is 17.8 Å². The summed E-state index contributed by atoms with van der Waals surface area (Å²) in [5.74, 6) is 0. The summed E-state index contributed by atoms with van der Waals surface area (Å²) in [6, 6.07) is 11.0. The zero-order valence-electron chi connectivity index (χ0n) is 10.2. The van der Waals surface area contributed by atoms with Crippen LogP contribution < -0.4 is 5.32 Å². The minimum atomic E-state index is 1.06. The smallest absolute Gasteiger partial charge is 0.0482 e. The monoisotopic (exact) mass is 216 g/mol. The summed E-state index contributed by atoms with van der Waals surface area (Å²) in [6.45, 7) is 4.36. The van der Waals surface area contributed by atoms with E-state index >= 15 is 0 Å². The van der Waals surface area contributed by atoms with Crippen LogP contribution in [0.3, 0.4) is 0 Å². The highest BCUT2D eigenvalue weighted by Crippen LogP contribution is 2.20. The fourth-order valence-corrected chi connectivity index (χ4v) is 2.29. The topological polar surface area (TPSA) is 17.0 Å². The molecule has 0 aliphatic rings. The standard InChI is InChI=1S/C14H20N2/c1-3-16-13(8-6-10-15-2)11-12-7-4-5-9-14(12)16/h4-5,7,9,11,15H,3,6,8,10H2,1-2H3. The number of hydrogen-bond donors (Lipinski definition) is 1. The van der Waals surface area contributed by atoms with Crippen molar-refractivity contribution in [2.24, 2.45) is 0 Å². The van der Waals surface area contributed by atoms with Crippen molar-refractivity contribution in [2.75, 3.05) is 13.6 Å². The number of benzene rings is 1. The number of hydrogen-bond acceptors (Lipinski definition) is 1. The molecule has 0 fully saturated rings. The molecular weight excluding hydrogens is 196 g/mol. The Bertz CT molecular complexity index is 457. The van der Waals surface area contributed by atoms with Gasteiger partial charge in [-0.3, -0.25) is 0 Å². The van der Waals surface area contributed by atoms with Crippen LogP contribution in [0.4, 0.5) is 0 Å². The molecule has 0 spiro atoms. The van der Waals surface area contributed by atoms with Crippen LogP contribution in [0, 0.1) is 0 Å². The zero-order valence-corrected chi connectivity index (χ0v) is 10.2. The number of aromatic nitrogens is 1. The van der Waals surface area contributed by atoms with E-state index in [1.807, 2.05) is 7.05 Å². The number of rotatable bonds is 5. The molecule has 2 nitrogen and oxygen atoms in total. The lowest BCUT2D eigenvalue weighted by atomic mass is 10.2. The van der Waals surface area contributed by atoms with Crippen molar-refractivity contribution in [1.82, 2.24) is 9.88 Å². The average Bonchev–Trinajstić information content (AvgIpc) is 2.67. The lowest BCUT2D eigenvalue weighted by Crippen LogP contribution is -2.10. The number of para-hydroxylation sites is 1. The van der Waals surface area contributed by atoms with Crippen LogP contribution >= 0.6 is 0 Å². The maximum Gasteiger partial charge on any atom is 0.0482 e. The fourth-order valence-electron chi connectivity index (χ4n) is 2.29. The minimum Gasteiger partial charge on any atom is -0.345 e. The van der Waals surface area contributed by atoms with Gasteiger partial charge >= 0.3 is 0 Å². The van der Waals surface area contributed by atoms with Crippen molar-refractivity contribution in [3.8, 4) is 0 Å². The van der Waals surface area contributed by atoms with Crippen molar-refractivity contribution >= 4 is 10.9 Å². The number of fused-ring (bicyclic) bond motifs is 1. The van der Waals surface area contributed by atoms with E-state index in [4.69, 9.17) is 0 Å². The molecule has 86 valence electrons. The molecule has 0 atom stereocenters. The van der Waals surface area contributed by atoms with Crippen molar-refractivity contribution in [3.05, 3.63) is 36.0 Å². The van der Waals surface area contributed by atoms with E-state index in [-0.39, 0.29) is 0 Å². The van der Waals surface area contributed by atoms with Gasteiger partial charge in [0.15, 0.2) is 0 Å². The van der Waals surface area contributed by atoms with Gasteiger partial charge in [-0.05, 0) is 50.9 Å². The maximum absolute atomic E-state index is 3.20. The van der Waals surface area contributed by atoms with E-state index < -0.39 is 0 Å². The van der Waals surface area contributed by atoms with Crippen LogP contribution in [0.2, 0.25) is 0 Å². The summed E-state index contributed by atoms with van der Waals surface area (Å²) >= 11 is 0. The highest BCUT2D eigenvalue weighted by Gasteiger charge is 2.05. The largest absolute Gasteiger partial charge is 0.345 e. The molecule has 1 N–H and O–H groups in total. The maximum atomic E-state index is 3.20. The summed E-state index contributed by atoms with van der Waals surface area (Å²) in [5, 5.41) is 4.56. The lowest BCUT2D eigenvalue weighted by Gasteiger charge is -2.07. The Balaban J connectivity index is 2.29. The molecule has 0 saturated heterocycles. The fraction of sp³-hybridized carbons (Fsp3) is 0.429. The van der Waals surface area contributed by atoms with E-state index in [0.717, 1.165) is 19.5 Å². The van der Waals surface area contributed by atoms with E-state index in [9.17, 15) is 0 Å². The van der Waals surface area contributed by atoms with E-state index in [2.05, 4.69) is 47.1 Å². The Labute approximate surface area is 97.3 Å². The molecule has 1 aromatic heterocycles. The number of nitrogens with zero attached hydrogens (tertiary/aromatic N) is 1. The van der Waals surface area contributed by atoms with Gasteiger partial charge in [0.05, 0.1) is 0 Å². The highest BCUT2D eigenvalue weighted by atomic mass is 15.0. The van der Waals surface area contributed by atoms with Crippen LogP contribution in [-0.4, -0.2) is 18.2 Å². The average molecular weight is 216 g/mol. The third kappa shape index (κ3) is 2.12. The summed E-state index contributed by atoms with van der Waals surface area (Å²) < 4.78 is 2.42. The van der Waals surface area contributed by atoms with E-state index in [1.165, 1.54) is 23.0 Å². The van der Waals surface area contributed by atoms with Crippen LogP contribution in [0.1, 0.15) is 19.0 Å². The van der Waals surface area contributed by atoms with Gasteiger partial charge in [-0.2, -0.15) is 0 Å². The van der Waals surface area contributed by atoms with Crippen molar-refractivity contribution in [3.63, 3.8) is 0 Å². The van der Waals surface area contributed by atoms with Crippen molar-refractivity contribution in [2.45, 2.75) is 26.3 Å². The molecule has 0 amide bonds. The summed E-state index contributed by atoms with van der Waals surface area (Å²) in [5.41, 5.74) is 2.82. The third-order valence-electron chi connectivity index (χ3n) is 3.07. The van der Waals surface area contributed by atoms with E-state index in [0.29, 0.717) is 0 Å². The molecule has 1 aromatic carbocycles. The van der Waals surface area contributed by atoms with Gasteiger partial charge < -0.3 is 9.88 Å². The molecule has 2 heteroatoms. The molecule has 1 heterocycles. The SMILES string of the molecule is CCn1c(CCCNC)cc2ccccc21. The molecule has 0 bridgehead atoms. The Kier molecular flexibility index (Phi) is 3.62. The Morgan fingerprint density at radius 3 is 2.81 bits per heavy atom. The van der Waals surface area contributed by atoms with Crippen LogP contribution in [0.5, 0.6) is 0 Å². The van der Waals surface area contributed by atoms with Gasteiger partial charge in [-0.25, -0.2) is 0 Å². The van der Waals surface area contributed by atoms with Crippen LogP contribution in [-0.2, 0) is 13.0 Å². The van der Waals surface area contributed by atoms with Crippen LogP contribution in [0.15, 0.2) is 30.3 Å². The molecule has 0 radical (unpaired) electrons. The first-order valence-electron chi connectivity index (χ1n) is 6.08. The third-order valence-corrected chi connectivity index (χ3v) is 3.07. The van der Waals surface area contributed by atoms with Crippen molar-refractivity contribution in [1.29, 1.82) is 0 Å². The first-order chi connectivity index (χ1) is 7.86. The van der Waals surface area contributed by atoms with Gasteiger partial charge in [-0.1, -0.05) is 18.2 Å². The second-order valence-electron chi connectivity index (χ2n) is 4.15. The Morgan fingerprint density at radius 1 is 1.25 bits per heavy atom.